The third kappa shape index (κ3) is 7.47. The van der Waals surface area contributed by atoms with Crippen LogP contribution in [0.5, 0.6) is 0 Å². The van der Waals surface area contributed by atoms with Crippen LogP contribution in [0.1, 0.15) is 85.9 Å². The lowest BCUT2D eigenvalue weighted by atomic mass is 9.97. The molecule has 1 aliphatic rings. The molecule has 1 aromatic rings. The minimum absolute atomic E-state index is 0.0667. The summed E-state index contributed by atoms with van der Waals surface area (Å²) in [6.45, 7) is 17.1. The van der Waals surface area contributed by atoms with Crippen LogP contribution in [0, 0.1) is 11.8 Å². The highest BCUT2D eigenvalue weighted by Gasteiger charge is 2.48. The number of benzene rings is 1. The maximum Gasteiger partial charge on any atom is 0.408 e. The number of carbonyl (C=O) groups is 3. The summed E-state index contributed by atoms with van der Waals surface area (Å²) in [5.74, 6) is -0.388. The third-order valence-corrected chi connectivity index (χ3v) is 5.94. The van der Waals surface area contributed by atoms with E-state index in [1.54, 1.807) is 25.7 Å². The van der Waals surface area contributed by atoms with E-state index in [1.165, 1.54) is 0 Å². The summed E-state index contributed by atoms with van der Waals surface area (Å²) in [6, 6.07) is 6.14. The Balaban J connectivity index is 2.47. The molecule has 0 bridgehead atoms. The first-order valence-electron chi connectivity index (χ1n) is 12.5. The van der Waals surface area contributed by atoms with Crippen LogP contribution in [0.2, 0.25) is 0 Å². The Bertz CT molecular complexity index is 858. The molecule has 0 heterocycles. The van der Waals surface area contributed by atoms with E-state index in [2.05, 4.69) is 24.5 Å². The van der Waals surface area contributed by atoms with E-state index in [-0.39, 0.29) is 35.7 Å². The Labute approximate surface area is 205 Å². The summed E-state index contributed by atoms with van der Waals surface area (Å²) < 4.78 is 5.42. The maximum atomic E-state index is 14.0. The molecule has 7 heteroatoms. The summed E-state index contributed by atoms with van der Waals surface area (Å²) in [7, 11) is 0. The van der Waals surface area contributed by atoms with E-state index >= 15 is 0 Å². The zero-order valence-electron chi connectivity index (χ0n) is 22.3. The number of amides is 3. The van der Waals surface area contributed by atoms with Gasteiger partial charge < -0.3 is 20.3 Å². The molecule has 2 rings (SSSR count). The van der Waals surface area contributed by atoms with Gasteiger partial charge >= 0.3 is 6.09 Å². The van der Waals surface area contributed by atoms with Gasteiger partial charge in [0.05, 0.1) is 0 Å². The second kappa shape index (κ2) is 11.2. The Morgan fingerprint density at radius 3 is 2.03 bits per heavy atom. The van der Waals surface area contributed by atoms with Crippen molar-refractivity contribution in [3.8, 4) is 0 Å². The monoisotopic (exact) mass is 473 g/mol. The lowest BCUT2D eigenvalue weighted by molar-refractivity contribution is -0.144. The molecule has 0 radical (unpaired) electrons. The van der Waals surface area contributed by atoms with Gasteiger partial charge in [-0.25, -0.2) is 4.79 Å². The smallest absolute Gasteiger partial charge is 0.408 e. The van der Waals surface area contributed by atoms with Gasteiger partial charge in [0.15, 0.2) is 0 Å². The van der Waals surface area contributed by atoms with Gasteiger partial charge in [0.2, 0.25) is 11.8 Å². The molecule has 2 N–H and O–H groups in total. The van der Waals surface area contributed by atoms with E-state index in [1.807, 2.05) is 52.0 Å². The van der Waals surface area contributed by atoms with Crippen LogP contribution in [0.4, 0.5) is 4.79 Å². The van der Waals surface area contributed by atoms with Crippen molar-refractivity contribution < 1.29 is 19.1 Å². The van der Waals surface area contributed by atoms with Crippen molar-refractivity contribution in [3.63, 3.8) is 0 Å². The molecule has 190 valence electrons. The van der Waals surface area contributed by atoms with Crippen molar-refractivity contribution in [2.45, 2.75) is 105 Å². The zero-order valence-corrected chi connectivity index (χ0v) is 22.3. The summed E-state index contributed by atoms with van der Waals surface area (Å²) >= 11 is 0. The van der Waals surface area contributed by atoms with Gasteiger partial charge in [-0.2, -0.15) is 0 Å². The Morgan fingerprint density at radius 2 is 1.62 bits per heavy atom. The fourth-order valence-electron chi connectivity index (χ4n) is 4.02. The molecule has 1 aliphatic carbocycles. The molecular weight excluding hydrogens is 430 g/mol. The normalized spacial score (nSPS) is 19.4. The predicted octanol–water partition coefficient (Wildman–Crippen LogP) is 4.60. The molecular formula is C27H43N3O4. The molecule has 0 spiro atoms. The number of hydrogen-bond donors (Lipinski definition) is 2. The number of nitrogens with one attached hydrogen (secondary N) is 2. The van der Waals surface area contributed by atoms with E-state index in [9.17, 15) is 14.4 Å². The van der Waals surface area contributed by atoms with Crippen LogP contribution in [0.3, 0.4) is 0 Å². The SMILES string of the molecule is CCc1ccc(C(C(=O)NC(C)C)N(C(=O)C(NC(=O)OC(C)(C)C)C(C)C)C2CC2C)cc1. The van der Waals surface area contributed by atoms with Crippen molar-refractivity contribution in [1.82, 2.24) is 15.5 Å². The molecule has 3 amide bonds. The standard InChI is InChI=1S/C27H43N3O4/c1-10-19-11-13-20(14-12-19)23(24(31)28-17(4)5)30(21-15-18(21)6)25(32)22(16(2)3)29-26(33)34-27(7,8)9/h11-14,16-18,21-23H,10,15H2,1-9H3,(H,28,31)(H,29,33). The first-order valence-corrected chi connectivity index (χ1v) is 12.5. The van der Waals surface area contributed by atoms with Crippen molar-refractivity contribution in [2.75, 3.05) is 0 Å². The van der Waals surface area contributed by atoms with Gasteiger partial charge in [-0.15, -0.1) is 0 Å². The molecule has 1 aromatic carbocycles. The average molecular weight is 474 g/mol. The molecule has 4 atom stereocenters. The van der Waals surface area contributed by atoms with Gasteiger partial charge in [0, 0.05) is 12.1 Å². The van der Waals surface area contributed by atoms with Crippen LogP contribution in [0.15, 0.2) is 24.3 Å². The molecule has 34 heavy (non-hydrogen) atoms. The number of nitrogens with zero attached hydrogens (tertiary/aromatic N) is 1. The predicted molar refractivity (Wildman–Crippen MR) is 134 cm³/mol. The maximum absolute atomic E-state index is 14.0. The highest BCUT2D eigenvalue weighted by atomic mass is 16.6. The number of carbonyl (C=O) groups excluding carboxylic acids is 3. The number of rotatable bonds is 9. The minimum atomic E-state index is -0.813. The third-order valence-electron chi connectivity index (χ3n) is 5.94. The number of ether oxygens (including phenoxy) is 1. The Hall–Kier alpha value is -2.57. The van der Waals surface area contributed by atoms with E-state index in [4.69, 9.17) is 4.74 Å². The fourth-order valence-corrected chi connectivity index (χ4v) is 4.02. The first kappa shape index (κ1) is 27.7. The molecule has 1 saturated carbocycles. The van der Waals surface area contributed by atoms with Gasteiger partial charge in [-0.3, -0.25) is 9.59 Å². The second-order valence-electron chi connectivity index (χ2n) is 11.1. The largest absolute Gasteiger partial charge is 0.444 e. The van der Waals surface area contributed by atoms with Crippen LogP contribution >= 0.6 is 0 Å². The van der Waals surface area contributed by atoms with Gasteiger partial charge in [-0.1, -0.05) is 52.0 Å². The van der Waals surface area contributed by atoms with Crippen molar-refractivity contribution in [1.29, 1.82) is 0 Å². The average Bonchev–Trinajstić information content (AvgIpc) is 3.43. The number of aryl methyl sites for hydroxylation is 1. The highest BCUT2D eigenvalue weighted by molar-refractivity contribution is 5.92. The summed E-state index contributed by atoms with van der Waals surface area (Å²) in [4.78, 5) is 41.8. The minimum Gasteiger partial charge on any atom is -0.444 e. The fraction of sp³-hybridized carbons (Fsp3) is 0.667. The van der Waals surface area contributed by atoms with Crippen molar-refractivity contribution in [3.05, 3.63) is 35.4 Å². The molecule has 0 saturated heterocycles. The number of alkyl carbamates (subject to hydrolysis) is 1. The van der Waals surface area contributed by atoms with Crippen LogP contribution in [0.25, 0.3) is 0 Å². The van der Waals surface area contributed by atoms with E-state index in [0.717, 1.165) is 24.0 Å². The van der Waals surface area contributed by atoms with Gasteiger partial charge in [-0.05, 0) is 70.4 Å². The van der Waals surface area contributed by atoms with Crippen LogP contribution in [-0.2, 0) is 20.7 Å². The summed E-state index contributed by atoms with van der Waals surface area (Å²) in [6.07, 6.45) is 1.07. The highest BCUT2D eigenvalue weighted by Crippen LogP contribution is 2.41. The first-order chi connectivity index (χ1) is 15.7. The number of hydrogen-bond acceptors (Lipinski definition) is 4. The van der Waals surface area contributed by atoms with Crippen LogP contribution in [-0.4, -0.2) is 46.5 Å². The summed E-state index contributed by atoms with van der Waals surface area (Å²) in [5.41, 5.74) is 1.25. The topological polar surface area (TPSA) is 87.7 Å². The molecule has 0 aliphatic heterocycles. The van der Waals surface area contributed by atoms with Crippen molar-refractivity contribution in [2.24, 2.45) is 11.8 Å². The van der Waals surface area contributed by atoms with Gasteiger partial charge in [0.1, 0.15) is 17.7 Å². The molecule has 7 nitrogen and oxygen atoms in total. The molecule has 4 unspecified atom stereocenters. The molecule has 1 fully saturated rings. The van der Waals surface area contributed by atoms with E-state index < -0.39 is 23.8 Å². The van der Waals surface area contributed by atoms with Crippen molar-refractivity contribution >= 4 is 17.9 Å². The Morgan fingerprint density at radius 1 is 1.06 bits per heavy atom. The molecule has 0 aromatic heterocycles. The quantitative estimate of drug-likeness (QED) is 0.549. The van der Waals surface area contributed by atoms with E-state index in [0.29, 0.717) is 0 Å². The van der Waals surface area contributed by atoms with Gasteiger partial charge in [0.25, 0.3) is 0 Å². The second-order valence-corrected chi connectivity index (χ2v) is 11.1. The zero-order chi connectivity index (χ0) is 25.8. The summed E-state index contributed by atoms with van der Waals surface area (Å²) in [5, 5.41) is 5.77. The lowest BCUT2D eigenvalue weighted by Crippen LogP contribution is -2.56. The lowest BCUT2D eigenvalue weighted by Gasteiger charge is -2.36. The Kier molecular flexibility index (Phi) is 9.15. The van der Waals surface area contributed by atoms with Crippen LogP contribution < -0.4 is 10.6 Å².